The van der Waals surface area contributed by atoms with E-state index in [0.29, 0.717) is 22.6 Å². The highest BCUT2D eigenvalue weighted by atomic mass is 16.6. The lowest BCUT2D eigenvalue weighted by Crippen LogP contribution is -2.29. The number of aliphatic hydroxyl groups excluding tert-OH is 1. The fourth-order valence-electron chi connectivity index (χ4n) is 4.06. The molecule has 1 aliphatic heterocycles. The number of nitrogens with zero attached hydrogens (tertiary/aromatic N) is 3. The molecular weight excluding hydrogens is 462 g/mol. The number of hydrogen-bond acceptors (Lipinski definition) is 7. The van der Waals surface area contributed by atoms with Crippen molar-refractivity contribution in [3.8, 4) is 11.8 Å². The van der Waals surface area contributed by atoms with Gasteiger partial charge < -0.3 is 9.84 Å². The second-order valence-electron chi connectivity index (χ2n) is 8.37. The first-order valence-electron chi connectivity index (χ1n) is 11.0. The van der Waals surface area contributed by atoms with Crippen LogP contribution in [0, 0.1) is 21.4 Å². The van der Waals surface area contributed by atoms with E-state index < -0.39 is 28.4 Å². The molecule has 1 aliphatic rings. The summed E-state index contributed by atoms with van der Waals surface area (Å²) >= 11 is 0. The summed E-state index contributed by atoms with van der Waals surface area (Å²) in [7, 11) is 0. The predicted molar refractivity (Wildman–Crippen MR) is 131 cm³/mol. The number of rotatable bonds is 6. The van der Waals surface area contributed by atoms with Crippen molar-refractivity contribution < 1.29 is 24.4 Å². The fraction of sp³-hybridized carbons (Fsp3) is 0.148. The smallest absolute Gasteiger partial charge is 0.300 e. The Hall–Kier alpha value is -4.97. The lowest BCUT2D eigenvalue weighted by Gasteiger charge is -2.26. The number of Topliss-reactive ketones (excluding diaryl/α,β-unsaturated/α-hetero) is 1. The van der Waals surface area contributed by atoms with Crippen molar-refractivity contribution in [3.63, 3.8) is 0 Å². The van der Waals surface area contributed by atoms with E-state index in [1.165, 1.54) is 35.2 Å². The Labute approximate surface area is 206 Å². The van der Waals surface area contributed by atoms with E-state index in [2.05, 4.69) is 0 Å². The fourth-order valence-corrected chi connectivity index (χ4v) is 4.06. The first-order chi connectivity index (χ1) is 17.2. The summed E-state index contributed by atoms with van der Waals surface area (Å²) in [5.74, 6) is -1.85. The van der Waals surface area contributed by atoms with Gasteiger partial charge in [-0.15, -0.1) is 0 Å². The lowest BCUT2D eigenvalue weighted by molar-refractivity contribution is -0.384. The van der Waals surface area contributed by atoms with Gasteiger partial charge in [0.05, 0.1) is 34.3 Å². The molecule has 4 rings (SSSR count). The first-order valence-corrected chi connectivity index (χ1v) is 11.0. The summed E-state index contributed by atoms with van der Waals surface area (Å²) in [6, 6.07) is 19.1. The molecule has 3 aromatic carbocycles. The third-order valence-electron chi connectivity index (χ3n) is 5.60. The second kappa shape index (κ2) is 9.72. The number of aliphatic hydroxyl groups is 1. The van der Waals surface area contributed by atoms with Crippen molar-refractivity contribution >= 4 is 28.8 Å². The molecule has 36 heavy (non-hydrogen) atoms. The van der Waals surface area contributed by atoms with Crippen molar-refractivity contribution in [1.29, 1.82) is 5.26 Å². The zero-order valence-corrected chi connectivity index (χ0v) is 19.4. The number of nitriles is 1. The zero-order valence-electron chi connectivity index (χ0n) is 19.4. The van der Waals surface area contributed by atoms with Gasteiger partial charge in [-0.3, -0.25) is 24.6 Å². The zero-order chi connectivity index (χ0) is 26.0. The molecule has 1 N–H and O–H groups in total. The number of nitro groups is 1. The van der Waals surface area contributed by atoms with Gasteiger partial charge in [-0.2, -0.15) is 5.26 Å². The average molecular weight is 483 g/mol. The SMILES string of the molecule is CC(C)Oc1cccc(C2/C(=C(/O)c3cccc([N+](=O)[O-])c3)C(=O)C(=O)N2c2ccc(C#N)cc2)c1. The Kier molecular flexibility index (Phi) is 6.52. The highest BCUT2D eigenvalue weighted by Crippen LogP contribution is 2.43. The monoisotopic (exact) mass is 483 g/mol. The van der Waals surface area contributed by atoms with Crippen LogP contribution in [0.3, 0.4) is 0 Å². The predicted octanol–water partition coefficient (Wildman–Crippen LogP) is 4.88. The summed E-state index contributed by atoms with van der Waals surface area (Å²) in [5, 5.41) is 31.6. The van der Waals surface area contributed by atoms with Gasteiger partial charge in [0.25, 0.3) is 17.4 Å². The minimum absolute atomic E-state index is 0.0293. The van der Waals surface area contributed by atoms with E-state index in [0.717, 1.165) is 6.07 Å². The van der Waals surface area contributed by atoms with Gasteiger partial charge in [0.15, 0.2) is 0 Å². The van der Waals surface area contributed by atoms with Crippen LogP contribution in [0.4, 0.5) is 11.4 Å². The second-order valence-corrected chi connectivity index (χ2v) is 8.37. The van der Waals surface area contributed by atoms with Gasteiger partial charge in [0, 0.05) is 23.4 Å². The molecule has 1 atom stereocenters. The molecular formula is C27H21N3O6. The number of amides is 1. The molecule has 0 aliphatic carbocycles. The Morgan fingerprint density at radius 1 is 1.08 bits per heavy atom. The van der Waals surface area contributed by atoms with Crippen LogP contribution in [-0.2, 0) is 9.59 Å². The third kappa shape index (κ3) is 4.52. The highest BCUT2D eigenvalue weighted by molar-refractivity contribution is 6.51. The maximum atomic E-state index is 13.3. The summed E-state index contributed by atoms with van der Waals surface area (Å²) in [6.45, 7) is 3.72. The number of anilines is 1. The van der Waals surface area contributed by atoms with Crippen LogP contribution in [0.25, 0.3) is 5.76 Å². The van der Waals surface area contributed by atoms with E-state index >= 15 is 0 Å². The lowest BCUT2D eigenvalue weighted by atomic mass is 9.94. The molecule has 9 nitrogen and oxygen atoms in total. The van der Waals surface area contributed by atoms with Crippen LogP contribution in [0.5, 0.6) is 5.75 Å². The largest absolute Gasteiger partial charge is 0.507 e. The minimum Gasteiger partial charge on any atom is -0.507 e. The van der Waals surface area contributed by atoms with Crippen LogP contribution in [0.2, 0.25) is 0 Å². The van der Waals surface area contributed by atoms with Gasteiger partial charge in [0.1, 0.15) is 11.5 Å². The normalized spacial score (nSPS) is 16.7. The Balaban J connectivity index is 1.94. The van der Waals surface area contributed by atoms with Crippen molar-refractivity contribution in [2.45, 2.75) is 26.0 Å². The number of ketones is 1. The van der Waals surface area contributed by atoms with Gasteiger partial charge >= 0.3 is 0 Å². The highest BCUT2D eigenvalue weighted by Gasteiger charge is 2.47. The number of ether oxygens (including phenoxy) is 1. The third-order valence-corrected chi connectivity index (χ3v) is 5.60. The average Bonchev–Trinajstić information content (AvgIpc) is 3.13. The molecule has 1 unspecified atom stereocenters. The van der Waals surface area contributed by atoms with E-state index in [9.17, 15) is 24.8 Å². The van der Waals surface area contributed by atoms with E-state index in [4.69, 9.17) is 10.00 Å². The molecule has 1 heterocycles. The molecule has 0 aromatic heterocycles. The minimum atomic E-state index is -1.05. The van der Waals surface area contributed by atoms with Crippen LogP contribution in [-0.4, -0.2) is 27.8 Å². The number of non-ortho nitro benzene ring substituents is 1. The Bertz CT molecular complexity index is 1440. The molecule has 1 saturated heterocycles. The van der Waals surface area contributed by atoms with Gasteiger partial charge in [0.2, 0.25) is 0 Å². The molecule has 180 valence electrons. The van der Waals surface area contributed by atoms with Crippen molar-refractivity contribution in [2.75, 3.05) is 4.90 Å². The maximum absolute atomic E-state index is 13.3. The first kappa shape index (κ1) is 24.2. The topological polar surface area (TPSA) is 134 Å². The molecule has 0 radical (unpaired) electrons. The molecule has 3 aromatic rings. The summed E-state index contributed by atoms with van der Waals surface area (Å²) < 4.78 is 5.78. The molecule has 0 bridgehead atoms. The van der Waals surface area contributed by atoms with Gasteiger partial charge in [-0.25, -0.2) is 0 Å². The number of nitro benzene ring substituents is 1. The van der Waals surface area contributed by atoms with E-state index in [1.807, 2.05) is 19.9 Å². The van der Waals surface area contributed by atoms with Crippen molar-refractivity contribution in [2.24, 2.45) is 0 Å². The number of benzene rings is 3. The van der Waals surface area contributed by atoms with E-state index in [-0.39, 0.29) is 22.9 Å². The van der Waals surface area contributed by atoms with Crippen LogP contribution in [0.15, 0.2) is 78.4 Å². The summed E-state index contributed by atoms with van der Waals surface area (Å²) in [5.41, 5.74) is 0.742. The van der Waals surface area contributed by atoms with Crippen molar-refractivity contribution in [1.82, 2.24) is 0 Å². The van der Waals surface area contributed by atoms with Crippen molar-refractivity contribution in [3.05, 3.63) is 105 Å². The Morgan fingerprint density at radius 3 is 2.42 bits per heavy atom. The van der Waals surface area contributed by atoms with Gasteiger partial charge in [-0.1, -0.05) is 24.3 Å². The molecule has 1 amide bonds. The Morgan fingerprint density at radius 2 is 1.78 bits per heavy atom. The van der Waals surface area contributed by atoms with Crippen LogP contribution in [0.1, 0.15) is 36.6 Å². The standard InChI is InChI=1S/C27H21N3O6/c1-16(2)36-22-8-4-5-18(14-22)24-23(25(31)19-6-3-7-21(13-19)30(34)35)26(32)27(33)29(24)20-11-9-17(15-28)10-12-20/h3-14,16,24,31H,1-2H3/b25-23-. The number of hydrogen-bond donors (Lipinski definition) is 1. The maximum Gasteiger partial charge on any atom is 0.300 e. The summed E-state index contributed by atoms with van der Waals surface area (Å²) in [6.07, 6.45) is -0.130. The molecule has 1 fully saturated rings. The number of carbonyl (C=O) groups is 2. The molecule has 0 spiro atoms. The quantitative estimate of drug-likeness (QED) is 0.174. The van der Waals surface area contributed by atoms with Gasteiger partial charge in [-0.05, 0) is 55.8 Å². The number of carbonyl (C=O) groups excluding carboxylic acids is 2. The molecule has 9 heteroatoms. The van der Waals surface area contributed by atoms with E-state index in [1.54, 1.807) is 36.4 Å². The van der Waals surface area contributed by atoms with Crippen LogP contribution < -0.4 is 9.64 Å². The van der Waals surface area contributed by atoms with Crippen LogP contribution >= 0.6 is 0 Å². The summed E-state index contributed by atoms with van der Waals surface area (Å²) in [4.78, 5) is 38.4. The molecule has 0 saturated carbocycles.